The van der Waals surface area contributed by atoms with Gasteiger partial charge in [0, 0.05) is 0 Å². The summed E-state index contributed by atoms with van der Waals surface area (Å²) in [5, 5.41) is 0. The summed E-state index contributed by atoms with van der Waals surface area (Å²) < 4.78 is 0. The second-order valence-corrected chi connectivity index (χ2v) is 2.49. The number of hydrogen-bond acceptors (Lipinski definition) is 1. The Hall–Kier alpha value is 1.12. The van der Waals surface area contributed by atoms with Gasteiger partial charge in [0.1, 0.15) is 0 Å². The quantitative estimate of drug-likeness (QED) is 0.699. The Morgan fingerprint density at radius 2 is 1.25 bits per heavy atom. The van der Waals surface area contributed by atoms with Gasteiger partial charge in [0.25, 0.3) is 0 Å². The molecule has 0 aromatic carbocycles. The number of halogens is 4. The minimum Gasteiger partial charge on any atom is -0.304 e. The number of hydrogen-bond donors (Lipinski definition) is 0. The summed E-state index contributed by atoms with van der Waals surface area (Å²) in [7, 11) is 0. The molecule has 0 amide bonds. The van der Waals surface area contributed by atoms with E-state index in [0.29, 0.717) is 0 Å². The lowest BCUT2D eigenvalue weighted by Crippen LogP contribution is -2.29. The predicted molar refractivity (Wildman–Crippen MR) is 65.0 cm³/mol. The van der Waals surface area contributed by atoms with E-state index >= 15 is 0 Å². The molecule has 0 aromatic rings. The van der Waals surface area contributed by atoms with Gasteiger partial charge < -0.3 is 4.90 Å². The maximum Gasteiger partial charge on any atom is -0.00188 e. The summed E-state index contributed by atoms with van der Waals surface area (Å²) >= 11 is 0. The Morgan fingerprint density at radius 1 is 0.833 bits per heavy atom. The summed E-state index contributed by atoms with van der Waals surface area (Å²) in [6.45, 7) is 6.18. The van der Waals surface area contributed by atoms with Crippen molar-refractivity contribution in [1.82, 2.24) is 4.90 Å². The molecule has 0 N–H and O–H groups in total. The monoisotopic (exact) mass is 257 g/mol. The highest BCUT2D eigenvalue weighted by atomic mass is 35.5. The Kier molecular flexibility index (Phi) is 28.3. The fourth-order valence-corrected chi connectivity index (χ4v) is 1.28. The Labute approximate surface area is 100 Å². The summed E-state index contributed by atoms with van der Waals surface area (Å²) in [5.41, 5.74) is 0. The molecule has 1 heterocycles. The van der Waals surface area contributed by atoms with Crippen LogP contribution in [0.15, 0.2) is 0 Å². The van der Waals surface area contributed by atoms with Crippen LogP contribution < -0.4 is 0 Å². The Morgan fingerprint density at radius 3 is 1.50 bits per heavy atom. The van der Waals surface area contributed by atoms with E-state index in [2.05, 4.69) is 11.8 Å². The minimum atomic E-state index is 0. The lowest BCUT2D eigenvalue weighted by Gasteiger charge is -2.24. The van der Waals surface area contributed by atoms with E-state index in [-0.39, 0.29) is 49.6 Å². The molecule has 12 heavy (non-hydrogen) atoms. The van der Waals surface area contributed by atoms with E-state index in [0.717, 1.165) is 0 Å². The highest BCUT2D eigenvalue weighted by molar-refractivity contribution is 5.86. The van der Waals surface area contributed by atoms with E-state index in [1.165, 1.54) is 38.9 Å². The van der Waals surface area contributed by atoms with Gasteiger partial charge in [0.2, 0.25) is 0 Å². The number of piperidine rings is 1. The Bertz CT molecular complexity index is 66.4. The topological polar surface area (TPSA) is 3.24 Å². The number of likely N-dealkylation sites (tertiary alicyclic amines) is 1. The zero-order chi connectivity index (χ0) is 5.82. The summed E-state index contributed by atoms with van der Waals surface area (Å²) in [5.74, 6) is 0. The van der Waals surface area contributed by atoms with Crippen LogP contribution in [-0.2, 0) is 0 Å². The first-order valence-corrected chi connectivity index (χ1v) is 3.66. The molecule has 1 aliphatic heterocycles. The molecular weight excluding hydrogens is 240 g/mol. The summed E-state index contributed by atoms with van der Waals surface area (Å²) in [6, 6.07) is 0. The van der Waals surface area contributed by atoms with Crippen LogP contribution in [-0.4, -0.2) is 24.5 Å². The third-order valence-electron chi connectivity index (χ3n) is 1.90. The van der Waals surface area contributed by atoms with E-state index in [1.54, 1.807) is 0 Å². The van der Waals surface area contributed by atoms with Crippen LogP contribution in [0.1, 0.15) is 26.2 Å². The fourth-order valence-electron chi connectivity index (χ4n) is 1.28. The van der Waals surface area contributed by atoms with Gasteiger partial charge >= 0.3 is 0 Å². The molecule has 1 saturated heterocycles. The molecule has 5 heteroatoms. The minimum absolute atomic E-state index is 0. The van der Waals surface area contributed by atoms with Crippen molar-refractivity contribution in [3.63, 3.8) is 0 Å². The summed E-state index contributed by atoms with van der Waals surface area (Å²) in [4.78, 5) is 2.52. The van der Waals surface area contributed by atoms with Crippen LogP contribution in [0.2, 0.25) is 0 Å². The molecule has 0 unspecified atom stereocenters. The first-order chi connectivity index (χ1) is 3.93. The molecule has 0 radical (unpaired) electrons. The molecule has 0 bridgehead atoms. The number of rotatable bonds is 1. The molecule has 0 aromatic heterocycles. The van der Waals surface area contributed by atoms with Crippen molar-refractivity contribution in [3.05, 3.63) is 0 Å². The van der Waals surface area contributed by atoms with Crippen molar-refractivity contribution in [1.29, 1.82) is 0 Å². The van der Waals surface area contributed by atoms with Crippen molar-refractivity contribution in [3.8, 4) is 0 Å². The molecular formula is C7H19Cl4N. The third kappa shape index (κ3) is 9.21. The smallest absolute Gasteiger partial charge is 0.00188 e. The van der Waals surface area contributed by atoms with Crippen molar-refractivity contribution < 1.29 is 0 Å². The van der Waals surface area contributed by atoms with Crippen LogP contribution in [0, 0.1) is 0 Å². The first kappa shape index (κ1) is 23.2. The maximum absolute atomic E-state index is 2.52. The van der Waals surface area contributed by atoms with E-state index in [9.17, 15) is 0 Å². The second-order valence-electron chi connectivity index (χ2n) is 2.49. The highest BCUT2D eigenvalue weighted by Crippen LogP contribution is 2.06. The van der Waals surface area contributed by atoms with Gasteiger partial charge in [0.05, 0.1) is 0 Å². The lowest BCUT2D eigenvalue weighted by atomic mass is 10.1. The van der Waals surface area contributed by atoms with Crippen LogP contribution in [0.4, 0.5) is 0 Å². The van der Waals surface area contributed by atoms with Gasteiger partial charge in [-0.3, -0.25) is 0 Å². The van der Waals surface area contributed by atoms with Crippen LogP contribution in [0.3, 0.4) is 0 Å². The molecule has 1 fully saturated rings. The molecule has 1 aliphatic rings. The predicted octanol–water partition coefficient (Wildman–Crippen LogP) is 3.18. The average molecular weight is 259 g/mol. The molecule has 0 spiro atoms. The van der Waals surface area contributed by atoms with E-state index < -0.39 is 0 Å². The molecule has 80 valence electrons. The van der Waals surface area contributed by atoms with Crippen LogP contribution in [0.25, 0.3) is 0 Å². The van der Waals surface area contributed by atoms with Gasteiger partial charge in [-0.2, -0.15) is 0 Å². The Balaban J connectivity index is -0.0000000800. The van der Waals surface area contributed by atoms with Gasteiger partial charge in [0.15, 0.2) is 0 Å². The third-order valence-corrected chi connectivity index (χ3v) is 1.90. The zero-order valence-electron chi connectivity index (χ0n) is 7.32. The van der Waals surface area contributed by atoms with E-state index in [1.807, 2.05) is 0 Å². The first-order valence-electron chi connectivity index (χ1n) is 3.66. The van der Waals surface area contributed by atoms with Gasteiger partial charge in [-0.1, -0.05) is 13.3 Å². The van der Waals surface area contributed by atoms with E-state index in [4.69, 9.17) is 0 Å². The standard InChI is InChI=1S/C7H15N.4ClH/c1-2-8-6-4-3-5-7-8;;;;/h2-7H2,1H3;4*1H. The van der Waals surface area contributed by atoms with Gasteiger partial charge in [-0.25, -0.2) is 0 Å². The normalized spacial score (nSPS) is 15.8. The maximum atomic E-state index is 2.52. The van der Waals surface area contributed by atoms with Crippen molar-refractivity contribution in [2.75, 3.05) is 19.6 Å². The summed E-state index contributed by atoms with van der Waals surface area (Å²) in [6.07, 6.45) is 4.30. The molecule has 1 rings (SSSR count). The SMILES string of the molecule is CCN1CCCCC1.Cl.Cl.Cl.Cl. The van der Waals surface area contributed by atoms with Crippen LogP contribution in [0.5, 0.6) is 0 Å². The van der Waals surface area contributed by atoms with Crippen molar-refractivity contribution in [2.24, 2.45) is 0 Å². The molecule has 0 aliphatic carbocycles. The molecule has 0 atom stereocenters. The van der Waals surface area contributed by atoms with Crippen LogP contribution >= 0.6 is 49.6 Å². The van der Waals surface area contributed by atoms with Gasteiger partial charge in [-0.05, 0) is 32.5 Å². The van der Waals surface area contributed by atoms with Crippen molar-refractivity contribution in [2.45, 2.75) is 26.2 Å². The van der Waals surface area contributed by atoms with Crippen molar-refractivity contribution >= 4 is 49.6 Å². The van der Waals surface area contributed by atoms with Gasteiger partial charge in [-0.15, -0.1) is 49.6 Å². The largest absolute Gasteiger partial charge is 0.304 e. The number of nitrogens with zero attached hydrogens (tertiary/aromatic N) is 1. The highest BCUT2D eigenvalue weighted by Gasteiger charge is 2.05. The lowest BCUT2D eigenvalue weighted by molar-refractivity contribution is 0.240. The average Bonchev–Trinajstić information content (AvgIpc) is 1.90. The molecule has 0 saturated carbocycles. The zero-order valence-corrected chi connectivity index (χ0v) is 10.6. The fraction of sp³-hybridized carbons (Fsp3) is 1.00. The molecule has 1 nitrogen and oxygen atoms in total. The second kappa shape index (κ2) is 14.6.